The first-order chi connectivity index (χ1) is 7.24. The van der Waals surface area contributed by atoms with Crippen molar-refractivity contribution in [1.29, 1.82) is 0 Å². The lowest BCUT2D eigenvalue weighted by atomic mass is 9.80. The zero-order valence-corrected chi connectivity index (χ0v) is 10.2. The van der Waals surface area contributed by atoms with E-state index in [1.54, 1.807) is 0 Å². The largest absolute Gasteiger partial charge is 0.390 e. The standard InChI is InChI=1S/C14H26O/c1-2-12-9-10-14(15,11-12)13-7-5-3-4-6-8-13/h12-13,15H,2-11H2,1H3. The van der Waals surface area contributed by atoms with Crippen molar-refractivity contribution in [1.82, 2.24) is 0 Å². The van der Waals surface area contributed by atoms with Crippen molar-refractivity contribution in [2.75, 3.05) is 0 Å². The van der Waals surface area contributed by atoms with Crippen LogP contribution in [-0.4, -0.2) is 10.7 Å². The molecule has 0 saturated heterocycles. The maximum Gasteiger partial charge on any atom is 0.0678 e. The molecule has 0 amide bonds. The van der Waals surface area contributed by atoms with Crippen LogP contribution in [0.2, 0.25) is 0 Å². The number of aliphatic hydroxyl groups is 1. The van der Waals surface area contributed by atoms with E-state index >= 15 is 0 Å². The number of hydrogen-bond acceptors (Lipinski definition) is 1. The van der Waals surface area contributed by atoms with E-state index in [1.807, 2.05) is 0 Å². The molecule has 0 radical (unpaired) electrons. The molecule has 2 aliphatic rings. The van der Waals surface area contributed by atoms with Crippen LogP contribution in [0.15, 0.2) is 0 Å². The van der Waals surface area contributed by atoms with Crippen LogP contribution < -0.4 is 0 Å². The molecule has 1 nitrogen and oxygen atoms in total. The summed E-state index contributed by atoms with van der Waals surface area (Å²) in [6, 6.07) is 0. The second-order valence-corrected chi connectivity index (χ2v) is 5.81. The Morgan fingerprint density at radius 3 is 2.27 bits per heavy atom. The van der Waals surface area contributed by atoms with Crippen LogP contribution >= 0.6 is 0 Å². The zero-order chi connectivity index (χ0) is 10.7. The minimum Gasteiger partial charge on any atom is -0.390 e. The Balaban J connectivity index is 1.95. The fourth-order valence-corrected chi connectivity index (χ4v) is 3.69. The lowest BCUT2D eigenvalue weighted by Crippen LogP contribution is -2.35. The average molecular weight is 210 g/mol. The molecule has 0 heterocycles. The maximum atomic E-state index is 10.7. The predicted molar refractivity (Wildman–Crippen MR) is 63.8 cm³/mol. The van der Waals surface area contributed by atoms with Gasteiger partial charge in [0.2, 0.25) is 0 Å². The second-order valence-electron chi connectivity index (χ2n) is 5.81. The summed E-state index contributed by atoms with van der Waals surface area (Å²) >= 11 is 0. The van der Waals surface area contributed by atoms with Gasteiger partial charge < -0.3 is 5.11 Å². The summed E-state index contributed by atoms with van der Waals surface area (Å²) in [6.07, 6.45) is 12.8. The highest BCUT2D eigenvalue weighted by molar-refractivity contribution is 4.94. The minimum atomic E-state index is -0.273. The fraction of sp³-hybridized carbons (Fsp3) is 1.00. The van der Waals surface area contributed by atoms with Gasteiger partial charge in [-0.05, 0) is 43.9 Å². The highest BCUT2D eigenvalue weighted by Crippen LogP contribution is 2.45. The molecule has 0 bridgehead atoms. The Labute approximate surface area is 94.3 Å². The Hall–Kier alpha value is -0.0400. The smallest absolute Gasteiger partial charge is 0.0678 e. The van der Waals surface area contributed by atoms with Gasteiger partial charge in [0.1, 0.15) is 0 Å². The highest BCUT2D eigenvalue weighted by Gasteiger charge is 2.42. The third kappa shape index (κ3) is 2.55. The molecule has 2 atom stereocenters. The van der Waals surface area contributed by atoms with Gasteiger partial charge in [0, 0.05) is 0 Å². The van der Waals surface area contributed by atoms with Gasteiger partial charge in [0.15, 0.2) is 0 Å². The van der Waals surface area contributed by atoms with Crippen LogP contribution in [0.3, 0.4) is 0 Å². The van der Waals surface area contributed by atoms with Crippen LogP contribution in [0.4, 0.5) is 0 Å². The normalized spacial score (nSPS) is 39.2. The van der Waals surface area contributed by atoms with Crippen molar-refractivity contribution in [2.45, 2.75) is 76.7 Å². The van der Waals surface area contributed by atoms with Crippen LogP contribution in [0.5, 0.6) is 0 Å². The third-order valence-electron chi connectivity index (χ3n) is 4.82. The lowest BCUT2D eigenvalue weighted by Gasteiger charge is -2.32. The Morgan fingerprint density at radius 2 is 1.73 bits per heavy atom. The van der Waals surface area contributed by atoms with Crippen molar-refractivity contribution in [3.05, 3.63) is 0 Å². The van der Waals surface area contributed by atoms with E-state index in [0.717, 1.165) is 18.8 Å². The summed E-state index contributed by atoms with van der Waals surface area (Å²) in [5.74, 6) is 1.43. The monoisotopic (exact) mass is 210 g/mol. The van der Waals surface area contributed by atoms with Gasteiger partial charge >= 0.3 is 0 Å². The van der Waals surface area contributed by atoms with Crippen LogP contribution in [-0.2, 0) is 0 Å². The Kier molecular flexibility index (Phi) is 3.71. The van der Waals surface area contributed by atoms with E-state index in [4.69, 9.17) is 0 Å². The molecule has 0 aromatic rings. The molecule has 0 aliphatic heterocycles. The van der Waals surface area contributed by atoms with Crippen LogP contribution in [0.1, 0.15) is 71.1 Å². The van der Waals surface area contributed by atoms with Crippen LogP contribution in [0, 0.1) is 11.8 Å². The third-order valence-corrected chi connectivity index (χ3v) is 4.82. The maximum absolute atomic E-state index is 10.7. The number of hydrogen-bond donors (Lipinski definition) is 1. The van der Waals surface area contributed by atoms with Gasteiger partial charge in [-0.15, -0.1) is 0 Å². The second kappa shape index (κ2) is 4.86. The van der Waals surface area contributed by atoms with Gasteiger partial charge in [0.25, 0.3) is 0 Å². The SMILES string of the molecule is CCC1CCC(O)(C2CCCCCC2)C1. The molecular formula is C14H26O. The molecule has 0 aromatic carbocycles. The van der Waals surface area contributed by atoms with E-state index in [2.05, 4.69) is 6.92 Å². The molecule has 1 heteroatoms. The van der Waals surface area contributed by atoms with Gasteiger partial charge in [-0.25, -0.2) is 0 Å². The highest BCUT2D eigenvalue weighted by atomic mass is 16.3. The fourth-order valence-electron chi connectivity index (χ4n) is 3.69. The van der Waals surface area contributed by atoms with Crippen molar-refractivity contribution >= 4 is 0 Å². The molecule has 0 aromatic heterocycles. The minimum absolute atomic E-state index is 0.273. The summed E-state index contributed by atoms with van der Waals surface area (Å²) in [4.78, 5) is 0. The first-order valence-electron chi connectivity index (χ1n) is 6.97. The molecular weight excluding hydrogens is 184 g/mol. The molecule has 2 aliphatic carbocycles. The van der Waals surface area contributed by atoms with E-state index in [9.17, 15) is 5.11 Å². The lowest BCUT2D eigenvalue weighted by molar-refractivity contribution is -0.0220. The first-order valence-corrected chi connectivity index (χ1v) is 6.97. The van der Waals surface area contributed by atoms with Crippen molar-refractivity contribution < 1.29 is 5.11 Å². The zero-order valence-electron chi connectivity index (χ0n) is 10.2. The van der Waals surface area contributed by atoms with Crippen molar-refractivity contribution in [3.63, 3.8) is 0 Å². The van der Waals surface area contributed by atoms with E-state index in [-0.39, 0.29) is 5.60 Å². The summed E-state index contributed by atoms with van der Waals surface area (Å²) in [5, 5.41) is 10.7. The molecule has 15 heavy (non-hydrogen) atoms. The molecule has 88 valence electrons. The van der Waals surface area contributed by atoms with E-state index in [0.29, 0.717) is 5.92 Å². The molecule has 2 saturated carbocycles. The van der Waals surface area contributed by atoms with Crippen molar-refractivity contribution in [3.8, 4) is 0 Å². The topological polar surface area (TPSA) is 20.2 Å². The molecule has 2 unspecified atom stereocenters. The van der Waals surface area contributed by atoms with Gasteiger partial charge in [-0.2, -0.15) is 0 Å². The van der Waals surface area contributed by atoms with Crippen molar-refractivity contribution in [2.24, 2.45) is 11.8 Å². The summed E-state index contributed by atoms with van der Waals surface area (Å²) in [7, 11) is 0. The molecule has 1 N–H and O–H groups in total. The Bertz CT molecular complexity index is 194. The molecule has 2 rings (SSSR count). The number of rotatable bonds is 2. The predicted octanol–water partition coefficient (Wildman–Crippen LogP) is 3.90. The van der Waals surface area contributed by atoms with E-state index in [1.165, 1.54) is 51.4 Å². The summed E-state index contributed by atoms with van der Waals surface area (Å²) < 4.78 is 0. The van der Waals surface area contributed by atoms with Crippen LogP contribution in [0.25, 0.3) is 0 Å². The van der Waals surface area contributed by atoms with Gasteiger partial charge in [-0.3, -0.25) is 0 Å². The molecule has 0 spiro atoms. The van der Waals surface area contributed by atoms with Gasteiger partial charge in [-0.1, -0.05) is 39.0 Å². The molecule has 2 fully saturated rings. The average Bonchev–Trinajstić information content (AvgIpc) is 2.49. The summed E-state index contributed by atoms with van der Waals surface area (Å²) in [5.41, 5.74) is -0.273. The Morgan fingerprint density at radius 1 is 1.07 bits per heavy atom. The van der Waals surface area contributed by atoms with E-state index < -0.39 is 0 Å². The quantitative estimate of drug-likeness (QED) is 0.685. The van der Waals surface area contributed by atoms with Gasteiger partial charge in [0.05, 0.1) is 5.60 Å². The first kappa shape index (κ1) is 11.4. The summed E-state index contributed by atoms with van der Waals surface area (Å²) in [6.45, 7) is 2.27.